The summed E-state index contributed by atoms with van der Waals surface area (Å²) < 4.78 is 1.78. The summed E-state index contributed by atoms with van der Waals surface area (Å²) >= 11 is 0. The number of carbonyl (C=O) groups is 1. The van der Waals surface area contributed by atoms with Crippen LogP contribution in [-0.4, -0.2) is 46.4 Å². The van der Waals surface area contributed by atoms with Gasteiger partial charge in [-0.3, -0.25) is 9.58 Å². The third kappa shape index (κ3) is 3.96. The number of amides is 2. The first kappa shape index (κ1) is 13.9. The Labute approximate surface area is 114 Å². The van der Waals surface area contributed by atoms with Crippen LogP contribution in [0.3, 0.4) is 0 Å². The Bertz CT molecular complexity index is 411. The molecule has 0 saturated carbocycles. The van der Waals surface area contributed by atoms with Gasteiger partial charge in [0.15, 0.2) is 0 Å². The quantitative estimate of drug-likeness (QED) is 0.848. The minimum absolute atomic E-state index is 0.165. The van der Waals surface area contributed by atoms with Gasteiger partial charge in [-0.05, 0) is 39.8 Å². The van der Waals surface area contributed by atoms with Crippen LogP contribution in [0.25, 0.3) is 0 Å². The second-order valence-corrected chi connectivity index (χ2v) is 5.01. The molecule has 1 aliphatic rings. The number of carbonyl (C=O) groups excluding carboxylic acids is 1. The number of hydrogen-bond donors (Lipinski definition) is 2. The molecule has 1 saturated heterocycles. The van der Waals surface area contributed by atoms with Crippen molar-refractivity contribution in [1.29, 1.82) is 0 Å². The van der Waals surface area contributed by atoms with Gasteiger partial charge in [-0.2, -0.15) is 5.10 Å². The van der Waals surface area contributed by atoms with Crippen molar-refractivity contribution < 1.29 is 4.79 Å². The monoisotopic (exact) mass is 265 g/mol. The lowest BCUT2D eigenvalue weighted by atomic mass is 10.3. The normalized spacial score (nSPS) is 17.4. The standard InChI is InChI=1S/C13H23N5O/c1-3-18-10-12(9-15-18)16-13(19)14-8-11(2)17-6-4-5-7-17/h9-11H,3-8H2,1-2H3,(H2,14,16,19)/t11-/m1/s1. The molecule has 1 atom stereocenters. The first-order valence-electron chi connectivity index (χ1n) is 7.00. The van der Waals surface area contributed by atoms with E-state index in [1.165, 1.54) is 12.8 Å². The van der Waals surface area contributed by atoms with Gasteiger partial charge in [-0.15, -0.1) is 0 Å². The minimum atomic E-state index is -0.165. The van der Waals surface area contributed by atoms with Gasteiger partial charge >= 0.3 is 6.03 Å². The van der Waals surface area contributed by atoms with E-state index in [1.54, 1.807) is 10.9 Å². The molecular formula is C13H23N5O. The number of anilines is 1. The maximum absolute atomic E-state index is 11.8. The average Bonchev–Trinajstić information content (AvgIpc) is 3.06. The van der Waals surface area contributed by atoms with Crippen LogP contribution in [0.15, 0.2) is 12.4 Å². The largest absolute Gasteiger partial charge is 0.336 e. The fourth-order valence-corrected chi connectivity index (χ4v) is 2.33. The maximum Gasteiger partial charge on any atom is 0.319 e. The zero-order chi connectivity index (χ0) is 13.7. The van der Waals surface area contributed by atoms with E-state index in [9.17, 15) is 4.79 Å². The summed E-state index contributed by atoms with van der Waals surface area (Å²) in [6.45, 7) is 7.93. The predicted octanol–water partition coefficient (Wildman–Crippen LogP) is 1.51. The zero-order valence-corrected chi connectivity index (χ0v) is 11.7. The van der Waals surface area contributed by atoms with Crippen LogP contribution in [0.4, 0.5) is 10.5 Å². The Kier molecular flexibility index (Phi) is 4.79. The second kappa shape index (κ2) is 6.56. The number of aryl methyl sites for hydroxylation is 1. The highest BCUT2D eigenvalue weighted by Gasteiger charge is 2.18. The molecule has 2 heterocycles. The lowest BCUT2D eigenvalue weighted by Crippen LogP contribution is -2.42. The SMILES string of the molecule is CCn1cc(NC(=O)NC[C@@H](C)N2CCCC2)cn1. The number of urea groups is 1. The van der Waals surface area contributed by atoms with E-state index >= 15 is 0 Å². The van der Waals surface area contributed by atoms with Gasteiger partial charge in [0, 0.05) is 25.3 Å². The van der Waals surface area contributed by atoms with Crippen molar-refractivity contribution in [2.75, 3.05) is 25.0 Å². The molecule has 106 valence electrons. The highest BCUT2D eigenvalue weighted by Crippen LogP contribution is 2.10. The molecule has 0 aliphatic carbocycles. The lowest BCUT2D eigenvalue weighted by Gasteiger charge is -2.23. The van der Waals surface area contributed by atoms with E-state index in [-0.39, 0.29) is 6.03 Å². The Morgan fingerprint density at radius 1 is 1.47 bits per heavy atom. The van der Waals surface area contributed by atoms with E-state index in [4.69, 9.17) is 0 Å². The number of nitrogens with one attached hydrogen (secondary N) is 2. The highest BCUT2D eigenvalue weighted by molar-refractivity contribution is 5.88. The summed E-state index contributed by atoms with van der Waals surface area (Å²) in [5, 5.41) is 9.81. The molecule has 6 nitrogen and oxygen atoms in total. The zero-order valence-electron chi connectivity index (χ0n) is 11.7. The fourth-order valence-electron chi connectivity index (χ4n) is 2.33. The molecule has 1 fully saturated rings. The molecule has 2 amide bonds. The fraction of sp³-hybridized carbons (Fsp3) is 0.692. The summed E-state index contributed by atoms with van der Waals surface area (Å²) in [4.78, 5) is 14.2. The Balaban J connectivity index is 1.71. The minimum Gasteiger partial charge on any atom is -0.336 e. The van der Waals surface area contributed by atoms with Crippen LogP contribution in [0.2, 0.25) is 0 Å². The Morgan fingerprint density at radius 2 is 2.21 bits per heavy atom. The number of nitrogens with zero attached hydrogens (tertiary/aromatic N) is 3. The Hall–Kier alpha value is -1.56. The van der Waals surface area contributed by atoms with Crippen LogP contribution in [0, 0.1) is 0 Å². The molecule has 0 radical (unpaired) electrons. The van der Waals surface area contributed by atoms with Gasteiger partial charge < -0.3 is 10.6 Å². The maximum atomic E-state index is 11.8. The van der Waals surface area contributed by atoms with E-state index in [0.717, 1.165) is 25.3 Å². The van der Waals surface area contributed by atoms with Crippen LogP contribution < -0.4 is 10.6 Å². The van der Waals surface area contributed by atoms with E-state index in [2.05, 4.69) is 27.6 Å². The van der Waals surface area contributed by atoms with Crippen LogP contribution in [0.1, 0.15) is 26.7 Å². The van der Waals surface area contributed by atoms with Crippen molar-refractivity contribution >= 4 is 11.7 Å². The molecule has 0 bridgehead atoms. The molecule has 2 N–H and O–H groups in total. The van der Waals surface area contributed by atoms with Crippen LogP contribution in [0.5, 0.6) is 0 Å². The molecular weight excluding hydrogens is 242 g/mol. The Morgan fingerprint density at radius 3 is 2.84 bits per heavy atom. The number of hydrogen-bond acceptors (Lipinski definition) is 3. The molecule has 1 aliphatic heterocycles. The van der Waals surface area contributed by atoms with Gasteiger partial charge in [-0.25, -0.2) is 4.79 Å². The van der Waals surface area contributed by atoms with Crippen molar-refractivity contribution in [3.05, 3.63) is 12.4 Å². The molecule has 0 spiro atoms. The first-order valence-corrected chi connectivity index (χ1v) is 7.00. The summed E-state index contributed by atoms with van der Waals surface area (Å²) in [6, 6.07) is 0.230. The number of rotatable bonds is 5. The van der Waals surface area contributed by atoms with Crippen LogP contribution in [-0.2, 0) is 6.54 Å². The van der Waals surface area contributed by atoms with Crippen molar-refractivity contribution in [2.24, 2.45) is 0 Å². The summed E-state index contributed by atoms with van der Waals surface area (Å²) in [5.41, 5.74) is 0.730. The topological polar surface area (TPSA) is 62.2 Å². The summed E-state index contributed by atoms with van der Waals surface area (Å²) in [7, 11) is 0. The highest BCUT2D eigenvalue weighted by atomic mass is 16.2. The smallest absolute Gasteiger partial charge is 0.319 e. The van der Waals surface area contributed by atoms with Gasteiger partial charge in [-0.1, -0.05) is 0 Å². The average molecular weight is 265 g/mol. The van der Waals surface area contributed by atoms with Crippen molar-refractivity contribution in [3.8, 4) is 0 Å². The number of aromatic nitrogens is 2. The molecule has 1 aromatic rings. The van der Waals surface area contributed by atoms with E-state index in [1.807, 2.05) is 13.1 Å². The van der Waals surface area contributed by atoms with Crippen molar-refractivity contribution in [3.63, 3.8) is 0 Å². The van der Waals surface area contributed by atoms with Gasteiger partial charge in [0.05, 0.1) is 11.9 Å². The summed E-state index contributed by atoms with van der Waals surface area (Å²) in [5.74, 6) is 0. The van der Waals surface area contributed by atoms with Crippen molar-refractivity contribution in [1.82, 2.24) is 20.0 Å². The van der Waals surface area contributed by atoms with E-state index < -0.39 is 0 Å². The second-order valence-electron chi connectivity index (χ2n) is 5.01. The first-order chi connectivity index (χ1) is 9.19. The molecule has 0 aromatic carbocycles. The predicted molar refractivity (Wildman–Crippen MR) is 75.2 cm³/mol. The molecule has 0 unspecified atom stereocenters. The summed E-state index contributed by atoms with van der Waals surface area (Å²) in [6.07, 6.45) is 6.02. The third-order valence-electron chi connectivity index (χ3n) is 3.54. The molecule has 6 heteroatoms. The lowest BCUT2D eigenvalue weighted by molar-refractivity contribution is 0.234. The molecule has 2 rings (SSSR count). The molecule has 19 heavy (non-hydrogen) atoms. The van der Waals surface area contributed by atoms with Gasteiger partial charge in [0.25, 0.3) is 0 Å². The number of likely N-dealkylation sites (tertiary alicyclic amines) is 1. The van der Waals surface area contributed by atoms with Crippen LogP contribution >= 0.6 is 0 Å². The van der Waals surface area contributed by atoms with E-state index in [0.29, 0.717) is 12.6 Å². The van der Waals surface area contributed by atoms with Gasteiger partial charge in [0.1, 0.15) is 0 Å². The van der Waals surface area contributed by atoms with Gasteiger partial charge in [0.2, 0.25) is 0 Å². The van der Waals surface area contributed by atoms with Crippen molar-refractivity contribution in [2.45, 2.75) is 39.3 Å². The third-order valence-corrected chi connectivity index (χ3v) is 3.54. The molecule has 1 aromatic heterocycles.